The van der Waals surface area contributed by atoms with Crippen LogP contribution in [-0.2, 0) is 9.47 Å². The summed E-state index contributed by atoms with van der Waals surface area (Å²) in [5.74, 6) is 0.898. The number of hydrogen-bond acceptors (Lipinski definition) is 8. The second-order valence-corrected chi connectivity index (χ2v) is 6.33. The molecule has 8 heteroatoms. The number of nitrogens with zero attached hydrogens (tertiary/aromatic N) is 1. The Morgan fingerprint density at radius 1 is 1.15 bits per heavy atom. The number of nitrogen functional groups attached to an aromatic ring is 1. The van der Waals surface area contributed by atoms with Crippen molar-refractivity contribution >= 4 is 45.7 Å². The summed E-state index contributed by atoms with van der Waals surface area (Å²) < 4.78 is 9.48. The monoisotopic (exact) mass is 316 g/mol. The van der Waals surface area contributed by atoms with Crippen LogP contribution >= 0.6 is 23.1 Å². The fraction of sp³-hybridized carbons (Fsp3) is 0.500. The van der Waals surface area contributed by atoms with Gasteiger partial charge in [-0.3, -0.25) is 0 Å². The third-order valence-electron chi connectivity index (χ3n) is 2.99. The predicted molar refractivity (Wildman–Crippen MR) is 80.9 cm³/mol. The topological polar surface area (TPSA) is 81.9 Å². The van der Waals surface area contributed by atoms with Gasteiger partial charge < -0.3 is 20.1 Å². The van der Waals surface area contributed by atoms with E-state index in [2.05, 4.69) is 4.90 Å². The SMILES string of the molecule is COC(=O)c1sc(N2CCSCC2)c(C(=O)OC)c1N. The van der Waals surface area contributed by atoms with Gasteiger partial charge in [-0.2, -0.15) is 11.8 Å². The molecule has 1 saturated heterocycles. The van der Waals surface area contributed by atoms with Crippen LogP contribution in [0.2, 0.25) is 0 Å². The largest absolute Gasteiger partial charge is 0.465 e. The van der Waals surface area contributed by atoms with Crippen LogP contribution < -0.4 is 10.6 Å². The third kappa shape index (κ3) is 2.71. The Kier molecular flexibility index (Phi) is 4.77. The zero-order valence-electron chi connectivity index (χ0n) is 11.3. The highest BCUT2D eigenvalue weighted by molar-refractivity contribution is 7.99. The molecule has 0 aliphatic carbocycles. The molecule has 1 aliphatic heterocycles. The number of carbonyl (C=O) groups is 2. The molecule has 0 unspecified atom stereocenters. The van der Waals surface area contributed by atoms with E-state index in [0.717, 1.165) is 24.6 Å². The van der Waals surface area contributed by atoms with E-state index in [1.165, 1.54) is 25.6 Å². The molecule has 0 spiro atoms. The summed E-state index contributed by atoms with van der Waals surface area (Å²) in [7, 11) is 2.59. The first kappa shape index (κ1) is 15.0. The number of methoxy groups -OCH3 is 2. The van der Waals surface area contributed by atoms with Crippen LogP contribution in [0, 0.1) is 0 Å². The summed E-state index contributed by atoms with van der Waals surface area (Å²) in [5.41, 5.74) is 6.35. The molecule has 0 radical (unpaired) electrons. The maximum Gasteiger partial charge on any atom is 0.350 e. The number of carbonyl (C=O) groups excluding carboxylic acids is 2. The van der Waals surface area contributed by atoms with E-state index in [0.29, 0.717) is 5.00 Å². The maximum atomic E-state index is 11.9. The molecule has 0 amide bonds. The molecule has 2 rings (SSSR count). The van der Waals surface area contributed by atoms with E-state index in [9.17, 15) is 9.59 Å². The number of ether oxygens (including phenoxy) is 2. The van der Waals surface area contributed by atoms with Gasteiger partial charge in [0.15, 0.2) is 0 Å². The van der Waals surface area contributed by atoms with E-state index < -0.39 is 11.9 Å². The van der Waals surface area contributed by atoms with Crippen molar-refractivity contribution in [2.45, 2.75) is 0 Å². The summed E-state index contributed by atoms with van der Waals surface area (Å²) in [6.45, 7) is 1.63. The number of nitrogens with two attached hydrogens (primary N) is 1. The van der Waals surface area contributed by atoms with Gasteiger partial charge in [-0.15, -0.1) is 11.3 Å². The van der Waals surface area contributed by atoms with Crippen molar-refractivity contribution < 1.29 is 19.1 Å². The second kappa shape index (κ2) is 6.36. The standard InChI is InChI=1S/C12H16N2O4S2/c1-17-11(15)7-8(13)9(12(16)18-2)20-10(7)14-3-5-19-6-4-14/h3-6,13H2,1-2H3. The van der Waals surface area contributed by atoms with Crippen molar-refractivity contribution in [2.75, 3.05) is 49.4 Å². The minimum Gasteiger partial charge on any atom is -0.465 e. The normalized spacial score (nSPS) is 15.0. The summed E-state index contributed by atoms with van der Waals surface area (Å²) in [5, 5.41) is 0.690. The summed E-state index contributed by atoms with van der Waals surface area (Å²) >= 11 is 3.04. The molecular formula is C12H16N2O4S2. The Labute approximate surface area is 125 Å². The molecule has 2 N–H and O–H groups in total. The van der Waals surface area contributed by atoms with Gasteiger partial charge >= 0.3 is 11.9 Å². The highest BCUT2D eigenvalue weighted by atomic mass is 32.2. The Morgan fingerprint density at radius 2 is 1.75 bits per heavy atom. The maximum absolute atomic E-state index is 11.9. The van der Waals surface area contributed by atoms with Crippen molar-refractivity contribution in [2.24, 2.45) is 0 Å². The smallest absolute Gasteiger partial charge is 0.350 e. The minimum atomic E-state index is -0.532. The first-order valence-corrected chi connectivity index (χ1v) is 7.98. The van der Waals surface area contributed by atoms with Gasteiger partial charge in [-0.25, -0.2) is 9.59 Å². The average molecular weight is 316 g/mol. The Hall–Kier alpha value is -1.41. The van der Waals surface area contributed by atoms with Crippen LogP contribution in [0.15, 0.2) is 0 Å². The molecule has 0 bridgehead atoms. The highest BCUT2D eigenvalue weighted by Crippen LogP contribution is 2.39. The van der Waals surface area contributed by atoms with E-state index in [1.54, 1.807) is 0 Å². The van der Waals surface area contributed by atoms with Crippen molar-refractivity contribution in [3.8, 4) is 0 Å². The van der Waals surface area contributed by atoms with Crippen molar-refractivity contribution in [1.82, 2.24) is 0 Å². The molecular weight excluding hydrogens is 300 g/mol. The number of thiophene rings is 1. The van der Waals surface area contributed by atoms with Gasteiger partial charge in [0.2, 0.25) is 0 Å². The molecule has 1 fully saturated rings. The lowest BCUT2D eigenvalue weighted by Crippen LogP contribution is -2.32. The molecule has 1 aromatic heterocycles. The van der Waals surface area contributed by atoms with Crippen molar-refractivity contribution in [1.29, 1.82) is 0 Å². The zero-order chi connectivity index (χ0) is 14.7. The van der Waals surface area contributed by atoms with Gasteiger partial charge in [0.1, 0.15) is 15.4 Å². The summed E-state index contributed by atoms with van der Waals surface area (Å²) in [4.78, 5) is 26.0. The average Bonchev–Trinajstić information content (AvgIpc) is 2.84. The Balaban J connectivity index is 2.47. The molecule has 0 aromatic carbocycles. The van der Waals surface area contributed by atoms with Crippen molar-refractivity contribution in [3.05, 3.63) is 10.4 Å². The predicted octanol–water partition coefficient (Wildman–Crippen LogP) is 1.46. The summed E-state index contributed by atoms with van der Waals surface area (Å²) in [6.07, 6.45) is 0. The lowest BCUT2D eigenvalue weighted by atomic mass is 10.2. The third-order valence-corrected chi connectivity index (χ3v) is 5.17. The van der Waals surface area contributed by atoms with Gasteiger partial charge in [0.25, 0.3) is 0 Å². The number of thioether (sulfide) groups is 1. The fourth-order valence-electron chi connectivity index (χ4n) is 1.96. The van der Waals surface area contributed by atoms with Gasteiger partial charge in [0.05, 0.1) is 19.9 Å². The van der Waals surface area contributed by atoms with E-state index in [1.807, 2.05) is 11.8 Å². The lowest BCUT2D eigenvalue weighted by Gasteiger charge is -2.27. The van der Waals surface area contributed by atoms with Crippen LogP contribution in [0.25, 0.3) is 0 Å². The van der Waals surface area contributed by atoms with E-state index >= 15 is 0 Å². The number of rotatable bonds is 3. The number of anilines is 2. The molecule has 1 aromatic rings. The quantitative estimate of drug-likeness (QED) is 0.845. The molecule has 2 heterocycles. The highest BCUT2D eigenvalue weighted by Gasteiger charge is 2.30. The number of hydrogen-bond donors (Lipinski definition) is 1. The minimum absolute atomic E-state index is 0.141. The second-order valence-electron chi connectivity index (χ2n) is 4.11. The first-order chi connectivity index (χ1) is 9.60. The van der Waals surface area contributed by atoms with Gasteiger partial charge in [0, 0.05) is 24.6 Å². The molecule has 20 heavy (non-hydrogen) atoms. The molecule has 110 valence electrons. The lowest BCUT2D eigenvalue weighted by molar-refractivity contribution is 0.0602. The zero-order valence-corrected chi connectivity index (χ0v) is 12.9. The van der Waals surface area contributed by atoms with Crippen LogP contribution in [0.1, 0.15) is 20.0 Å². The fourth-order valence-corrected chi connectivity index (χ4v) is 4.05. The molecule has 0 saturated carbocycles. The van der Waals surface area contributed by atoms with E-state index in [-0.39, 0.29) is 16.1 Å². The first-order valence-electron chi connectivity index (χ1n) is 6.01. The Bertz CT molecular complexity index is 524. The van der Waals surface area contributed by atoms with E-state index in [4.69, 9.17) is 15.2 Å². The molecule has 0 atom stereocenters. The summed E-state index contributed by atoms with van der Waals surface area (Å²) in [6, 6.07) is 0. The van der Waals surface area contributed by atoms with Crippen LogP contribution in [0.3, 0.4) is 0 Å². The Morgan fingerprint density at radius 3 is 2.30 bits per heavy atom. The van der Waals surface area contributed by atoms with Gasteiger partial charge in [-0.05, 0) is 0 Å². The molecule has 6 nitrogen and oxygen atoms in total. The van der Waals surface area contributed by atoms with Gasteiger partial charge in [-0.1, -0.05) is 0 Å². The van der Waals surface area contributed by atoms with Crippen molar-refractivity contribution in [3.63, 3.8) is 0 Å². The molecule has 1 aliphatic rings. The van der Waals surface area contributed by atoms with Crippen LogP contribution in [-0.4, -0.2) is 50.8 Å². The van der Waals surface area contributed by atoms with Crippen LogP contribution in [0.4, 0.5) is 10.7 Å². The van der Waals surface area contributed by atoms with Crippen LogP contribution in [0.5, 0.6) is 0 Å². The number of esters is 2.